The lowest BCUT2D eigenvalue weighted by atomic mass is 10.0. The Bertz CT molecular complexity index is 584. The summed E-state index contributed by atoms with van der Waals surface area (Å²) in [4.78, 5) is 25.8. The summed E-state index contributed by atoms with van der Waals surface area (Å²) in [6, 6.07) is 4.53. The van der Waals surface area contributed by atoms with Crippen molar-refractivity contribution in [3.63, 3.8) is 0 Å². The van der Waals surface area contributed by atoms with Crippen LogP contribution in [0.2, 0.25) is 0 Å². The lowest BCUT2D eigenvalue weighted by Crippen LogP contribution is -2.46. The summed E-state index contributed by atoms with van der Waals surface area (Å²) in [6.07, 6.45) is 0.399. The highest BCUT2D eigenvalue weighted by Gasteiger charge is 2.39. The molecule has 1 unspecified atom stereocenters. The number of benzene rings is 1. The number of carbonyl (C=O) groups is 2. The molecule has 1 fully saturated rings. The van der Waals surface area contributed by atoms with Gasteiger partial charge in [0.05, 0.1) is 5.69 Å². The number of hydrogen-bond donors (Lipinski definition) is 1. The lowest BCUT2D eigenvalue weighted by molar-refractivity contribution is -0.133. The van der Waals surface area contributed by atoms with Gasteiger partial charge >= 0.3 is 0 Å². The van der Waals surface area contributed by atoms with Crippen LogP contribution in [-0.4, -0.2) is 23.9 Å². The van der Waals surface area contributed by atoms with Gasteiger partial charge in [-0.2, -0.15) is 0 Å². The fourth-order valence-corrected chi connectivity index (χ4v) is 2.65. The van der Waals surface area contributed by atoms with Gasteiger partial charge in [0, 0.05) is 16.6 Å². The molecule has 0 aliphatic carbocycles. The maximum atomic E-state index is 14.0. The molecule has 0 aromatic heterocycles. The van der Waals surface area contributed by atoms with Gasteiger partial charge in [0.2, 0.25) is 11.8 Å². The van der Waals surface area contributed by atoms with E-state index in [2.05, 4.69) is 21.2 Å². The van der Waals surface area contributed by atoms with Gasteiger partial charge in [-0.25, -0.2) is 4.39 Å². The Morgan fingerprint density at radius 1 is 1.43 bits per heavy atom. The van der Waals surface area contributed by atoms with E-state index in [1.165, 1.54) is 11.0 Å². The first kappa shape index (κ1) is 15.9. The zero-order valence-electron chi connectivity index (χ0n) is 12.2. The first-order valence-electron chi connectivity index (χ1n) is 6.77. The SMILES string of the molecule is CC(C)(C)NC(=O)C1CCN(c2ccc(Br)cc2F)C1=O. The standard InChI is InChI=1S/C15H18BrFN2O2/c1-15(2,3)18-13(20)10-6-7-19(14(10)21)12-5-4-9(16)8-11(12)17/h4-5,8,10H,6-7H2,1-3H3,(H,18,20). The molecule has 2 amide bonds. The van der Waals surface area contributed by atoms with E-state index < -0.39 is 17.3 Å². The van der Waals surface area contributed by atoms with Crippen LogP contribution in [-0.2, 0) is 9.59 Å². The third-order valence-corrected chi connectivity index (χ3v) is 3.71. The third kappa shape index (κ3) is 3.61. The number of anilines is 1. The summed E-state index contributed by atoms with van der Waals surface area (Å²) in [7, 11) is 0. The predicted octanol–water partition coefficient (Wildman–Crippen LogP) is 2.86. The zero-order chi connectivity index (χ0) is 15.8. The summed E-state index contributed by atoms with van der Waals surface area (Å²) in [5.41, 5.74) is -0.178. The maximum Gasteiger partial charge on any atom is 0.239 e. The van der Waals surface area contributed by atoms with E-state index in [1.807, 2.05) is 20.8 Å². The van der Waals surface area contributed by atoms with E-state index in [-0.39, 0.29) is 17.5 Å². The molecule has 0 bridgehead atoms. The quantitative estimate of drug-likeness (QED) is 0.828. The van der Waals surface area contributed by atoms with Crippen molar-refractivity contribution in [2.75, 3.05) is 11.4 Å². The fraction of sp³-hybridized carbons (Fsp3) is 0.467. The van der Waals surface area contributed by atoms with Crippen LogP contribution in [0.1, 0.15) is 27.2 Å². The van der Waals surface area contributed by atoms with Gasteiger partial charge in [-0.15, -0.1) is 0 Å². The number of hydrogen-bond acceptors (Lipinski definition) is 2. The van der Waals surface area contributed by atoms with Crippen LogP contribution < -0.4 is 10.2 Å². The van der Waals surface area contributed by atoms with Crippen LogP contribution >= 0.6 is 15.9 Å². The highest BCUT2D eigenvalue weighted by molar-refractivity contribution is 9.10. The summed E-state index contributed by atoms with van der Waals surface area (Å²) in [5, 5.41) is 2.80. The van der Waals surface area contributed by atoms with E-state index in [9.17, 15) is 14.0 Å². The Hall–Kier alpha value is -1.43. The molecule has 1 N–H and O–H groups in total. The molecule has 1 atom stereocenters. The summed E-state index contributed by atoms with van der Waals surface area (Å²) < 4.78 is 14.6. The summed E-state index contributed by atoms with van der Waals surface area (Å²) in [6.45, 7) is 5.92. The van der Waals surface area contributed by atoms with E-state index in [4.69, 9.17) is 0 Å². The van der Waals surface area contributed by atoms with Crippen molar-refractivity contribution in [3.05, 3.63) is 28.5 Å². The number of nitrogens with zero attached hydrogens (tertiary/aromatic N) is 1. The minimum atomic E-state index is -0.743. The van der Waals surface area contributed by atoms with Gasteiger partial charge in [-0.1, -0.05) is 15.9 Å². The van der Waals surface area contributed by atoms with Gasteiger partial charge < -0.3 is 10.2 Å². The average Bonchev–Trinajstić information content (AvgIpc) is 2.69. The molecular weight excluding hydrogens is 339 g/mol. The topological polar surface area (TPSA) is 49.4 Å². The predicted molar refractivity (Wildman–Crippen MR) is 82.5 cm³/mol. The van der Waals surface area contributed by atoms with Gasteiger partial charge in [-0.3, -0.25) is 9.59 Å². The largest absolute Gasteiger partial charge is 0.351 e. The first-order chi connectivity index (χ1) is 9.69. The molecule has 1 aromatic rings. The Labute approximate surface area is 131 Å². The highest BCUT2D eigenvalue weighted by atomic mass is 79.9. The smallest absolute Gasteiger partial charge is 0.239 e. The number of amides is 2. The summed E-state index contributed by atoms with van der Waals surface area (Å²) >= 11 is 3.18. The lowest BCUT2D eigenvalue weighted by Gasteiger charge is -2.23. The number of rotatable bonds is 2. The van der Waals surface area contributed by atoms with Crippen LogP contribution in [0.5, 0.6) is 0 Å². The molecule has 1 heterocycles. The number of carbonyl (C=O) groups excluding carboxylic acids is 2. The van der Waals surface area contributed by atoms with Crippen molar-refractivity contribution in [1.82, 2.24) is 5.32 Å². The molecule has 0 saturated carbocycles. The van der Waals surface area contributed by atoms with Crippen molar-refractivity contribution in [3.8, 4) is 0 Å². The minimum Gasteiger partial charge on any atom is -0.351 e. The number of nitrogens with one attached hydrogen (secondary N) is 1. The molecule has 0 spiro atoms. The maximum absolute atomic E-state index is 14.0. The van der Waals surface area contributed by atoms with Crippen LogP contribution in [0.3, 0.4) is 0 Å². The van der Waals surface area contributed by atoms with Gasteiger partial charge in [-0.05, 0) is 45.4 Å². The Morgan fingerprint density at radius 2 is 2.10 bits per heavy atom. The number of halogens is 2. The minimum absolute atomic E-state index is 0.217. The summed E-state index contributed by atoms with van der Waals surface area (Å²) in [5.74, 6) is -1.87. The zero-order valence-corrected chi connectivity index (χ0v) is 13.8. The molecule has 1 aliphatic heterocycles. The Morgan fingerprint density at radius 3 is 2.67 bits per heavy atom. The molecular formula is C15H18BrFN2O2. The van der Waals surface area contributed by atoms with E-state index in [0.717, 1.165) is 0 Å². The molecule has 1 saturated heterocycles. The second-order valence-electron chi connectivity index (χ2n) is 6.17. The van der Waals surface area contributed by atoms with Crippen LogP contribution in [0.15, 0.2) is 22.7 Å². The van der Waals surface area contributed by atoms with Crippen molar-refractivity contribution in [2.45, 2.75) is 32.7 Å². The monoisotopic (exact) mass is 356 g/mol. The molecule has 21 heavy (non-hydrogen) atoms. The average molecular weight is 357 g/mol. The second-order valence-corrected chi connectivity index (χ2v) is 7.08. The van der Waals surface area contributed by atoms with Crippen LogP contribution in [0.4, 0.5) is 10.1 Å². The van der Waals surface area contributed by atoms with Crippen LogP contribution in [0.25, 0.3) is 0 Å². The van der Waals surface area contributed by atoms with Gasteiger partial charge in [0.15, 0.2) is 0 Å². The van der Waals surface area contributed by atoms with Crippen molar-refractivity contribution in [2.24, 2.45) is 5.92 Å². The fourth-order valence-electron chi connectivity index (χ4n) is 2.32. The molecule has 0 radical (unpaired) electrons. The highest BCUT2D eigenvalue weighted by Crippen LogP contribution is 2.29. The van der Waals surface area contributed by atoms with Gasteiger partial charge in [0.25, 0.3) is 0 Å². The van der Waals surface area contributed by atoms with Crippen molar-refractivity contribution >= 4 is 33.4 Å². The molecule has 1 aromatic carbocycles. The third-order valence-electron chi connectivity index (χ3n) is 3.22. The molecule has 1 aliphatic rings. The van der Waals surface area contributed by atoms with E-state index >= 15 is 0 Å². The molecule has 6 heteroatoms. The normalized spacial score (nSPS) is 19.0. The Balaban J connectivity index is 2.16. The van der Waals surface area contributed by atoms with Crippen molar-refractivity contribution in [1.29, 1.82) is 0 Å². The Kier molecular flexibility index (Phi) is 4.37. The van der Waals surface area contributed by atoms with E-state index in [0.29, 0.717) is 17.4 Å². The van der Waals surface area contributed by atoms with Gasteiger partial charge in [0.1, 0.15) is 11.7 Å². The molecule has 4 nitrogen and oxygen atoms in total. The molecule has 114 valence electrons. The molecule has 2 rings (SSSR count). The van der Waals surface area contributed by atoms with Crippen molar-refractivity contribution < 1.29 is 14.0 Å². The second kappa shape index (κ2) is 5.75. The first-order valence-corrected chi connectivity index (χ1v) is 7.57. The van der Waals surface area contributed by atoms with Crippen LogP contribution in [0, 0.1) is 11.7 Å². The van der Waals surface area contributed by atoms with E-state index in [1.54, 1.807) is 12.1 Å².